The highest BCUT2D eigenvalue weighted by Gasteiger charge is 2.20. The van der Waals surface area contributed by atoms with Crippen LogP contribution in [0.2, 0.25) is 0 Å². The molecule has 0 radical (unpaired) electrons. The van der Waals surface area contributed by atoms with Gasteiger partial charge in [-0.1, -0.05) is 47.1 Å². The molecule has 94 valence electrons. The molecule has 0 N–H and O–H groups in total. The smallest absolute Gasteiger partial charge is 0.333 e. The van der Waals surface area contributed by atoms with Gasteiger partial charge in [-0.2, -0.15) is 0 Å². The number of carbonyl (C=O) groups is 1. The minimum atomic E-state index is -0.281. The first-order chi connectivity index (χ1) is 7.24. The average molecular weight is 226 g/mol. The van der Waals surface area contributed by atoms with E-state index in [1.54, 1.807) is 6.92 Å². The molecule has 0 heterocycles. The molecule has 0 saturated carbocycles. The highest BCUT2D eigenvalue weighted by atomic mass is 16.5. The Morgan fingerprint density at radius 1 is 1.38 bits per heavy atom. The summed E-state index contributed by atoms with van der Waals surface area (Å²) in [6.07, 6.45) is 3.52. The predicted molar refractivity (Wildman–Crippen MR) is 68.2 cm³/mol. The highest BCUT2D eigenvalue weighted by molar-refractivity contribution is 5.86. The fraction of sp³-hybridized carbons (Fsp3) is 0.786. The molecule has 0 rings (SSSR count). The number of ether oxygens (including phenoxy) is 1. The molecule has 0 unspecified atom stereocenters. The molecule has 2 heteroatoms. The zero-order chi connectivity index (χ0) is 12.8. The molecule has 0 aromatic carbocycles. The number of carbonyl (C=O) groups excluding carboxylic acids is 1. The molecule has 0 aliphatic carbocycles. The summed E-state index contributed by atoms with van der Waals surface area (Å²) in [6, 6.07) is 0. The van der Waals surface area contributed by atoms with Crippen molar-refractivity contribution in [3.63, 3.8) is 0 Å². The third-order valence-electron chi connectivity index (χ3n) is 2.58. The standard InChI is InChI=1S/C14H26O2/c1-11(2)8-7-9-14(5,6)10-16-13(15)12(3)4/h11H,3,7-10H2,1-2,4-6H3. The molecule has 0 aromatic heterocycles. The van der Waals surface area contributed by atoms with Crippen molar-refractivity contribution < 1.29 is 9.53 Å². The van der Waals surface area contributed by atoms with Crippen molar-refractivity contribution in [2.45, 2.75) is 53.9 Å². The summed E-state index contributed by atoms with van der Waals surface area (Å²) in [7, 11) is 0. The van der Waals surface area contributed by atoms with E-state index in [1.165, 1.54) is 12.8 Å². The lowest BCUT2D eigenvalue weighted by molar-refractivity contribution is -0.142. The Morgan fingerprint density at radius 3 is 2.38 bits per heavy atom. The average Bonchev–Trinajstić information content (AvgIpc) is 2.13. The van der Waals surface area contributed by atoms with E-state index < -0.39 is 0 Å². The Morgan fingerprint density at radius 2 is 1.94 bits per heavy atom. The fourth-order valence-corrected chi connectivity index (χ4v) is 1.45. The lowest BCUT2D eigenvalue weighted by Crippen LogP contribution is -2.22. The maximum atomic E-state index is 11.2. The molecule has 0 aliphatic rings. The van der Waals surface area contributed by atoms with Crippen LogP contribution in [0.3, 0.4) is 0 Å². The number of esters is 1. The van der Waals surface area contributed by atoms with Gasteiger partial charge >= 0.3 is 5.97 Å². The van der Waals surface area contributed by atoms with Crippen molar-refractivity contribution in [1.29, 1.82) is 0 Å². The van der Waals surface area contributed by atoms with Crippen molar-refractivity contribution in [2.75, 3.05) is 6.61 Å². The second kappa shape index (κ2) is 6.72. The molecule has 0 bridgehead atoms. The number of hydrogen-bond acceptors (Lipinski definition) is 2. The maximum absolute atomic E-state index is 11.2. The summed E-state index contributed by atoms with van der Waals surface area (Å²) in [5.74, 6) is 0.464. The van der Waals surface area contributed by atoms with Gasteiger partial charge in [-0.25, -0.2) is 4.79 Å². The highest BCUT2D eigenvalue weighted by Crippen LogP contribution is 2.25. The molecule has 2 nitrogen and oxygen atoms in total. The van der Waals surface area contributed by atoms with Crippen LogP contribution in [-0.4, -0.2) is 12.6 Å². The van der Waals surface area contributed by atoms with Crippen LogP contribution in [0.15, 0.2) is 12.2 Å². The van der Waals surface area contributed by atoms with Gasteiger partial charge in [0.05, 0.1) is 6.61 Å². The molecule has 16 heavy (non-hydrogen) atoms. The first kappa shape index (κ1) is 15.2. The van der Waals surface area contributed by atoms with Crippen molar-refractivity contribution >= 4 is 5.97 Å². The van der Waals surface area contributed by atoms with Crippen molar-refractivity contribution in [3.05, 3.63) is 12.2 Å². The summed E-state index contributed by atoms with van der Waals surface area (Å²) in [5.41, 5.74) is 0.540. The fourth-order valence-electron chi connectivity index (χ4n) is 1.45. The van der Waals surface area contributed by atoms with Crippen LogP contribution in [0.25, 0.3) is 0 Å². The first-order valence-corrected chi connectivity index (χ1v) is 6.07. The Kier molecular flexibility index (Phi) is 6.39. The summed E-state index contributed by atoms with van der Waals surface area (Å²) in [4.78, 5) is 11.2. The van der Waals surface area contributed by atoms with Crippen LogP contribution >= 0.6 is 0 Å². The molecule has 0 aliphatic heterocycles. The normalized spacial score (nSPS) is 11.6. The van der Waals surface area contributed by atoms with Crippen LogP contribution in [-0.2, 0) is 9.53 Å². The van der Waals surface area contributed by atoms with Crippen LogP contribution in [0.4, 0.5) is 0 Å². The van der Waals surface area contributed by atoms with Gasteiger partial charge in [-0.05, 0) is 24.7 Å². The van der Waals surface area contributed by atoms with E-state index in [0.29, 0.717) is 12.2 Å². The summed E-state index contributed by atoms with van der Waals surface area (Å²) in [5, 5.41) is 0. The molecular formula is C14H26O2. The zero-order valence-corrected chi connectivity index (χ0v) is 11.4. The quantitative estimate of drug-likeness (QED) is 0.485. The van der Waals surface area contributed by atoms with E-state index in [2.05, 4.69) is 34.3 Å². The van der Waals surface area contributed by atoms with Gasteiger partial charge in [0.2, 0.25) is 0 Å². The zero-order valence-electron chi connectivity index (χ0n) is 11.4. The topological polar surface area (TPSA) is 26.3 Å². The van der Waals surface area contributed by atoms with Crippen LogP contribution in [0.5, 0.6) is 0 Å². The van der Waals surface area contributed by atoms with Crippen LogP contribution in [0.1, 0.15) is 53.9 Å². The van der Waals surface area contributed by atoms with E-state index in [4.69, 9.17) is 4.74 Å². The molecule has 0 amide bonds. The van der Waals surface area contributed by atoms with Gasteiger partial charge < -0.3 is 4.74 Å². The summed E-state index contributed by atoms with van der Waals surface area (Å²) in [6.45, 7) is 14.5. The Hall–Kier alpha value is -0.790. The number of hydrogen-bond donors (Lipinski definition) is 0. The molecule has 0 aromatic rings. The lowest BCUT2D eigenvalue weighted by Gasteiger charge is -2.24. The molecule has 0 saturated heterocycles. The van der Waals surface area contributed by atoms with Crippen LogP contribution < -0.4 is 0 Å². The first-order valence-electron chi connectivity index (χ1n) is 6.07. The Labute approximate surface area is 100 Å². The van der Waals surface area contributed by atoms with Crippen molar-refractivity contribution in [2.24, 2.45) is 11.3 Å². The lowest BCUT2D eigenvalue weighted by atomic mass is 9.87. The van der Waals surface area contributed by atoms with E-state index in [1.807, 2.05) is 0 Å². The van der Waals surface area contributed by atoms with Crippen molar-refractivity contribution in [3.8, 4) is 0 Å². The third-order valence-corrected chi connectivity index (χ3v) is 2.58. The van der Waals surface area contributed by atoms with Gasteiger partial charge in [0.15, 0.2) is 0 Å². The van der Waals surface area contributed by atoms with E-state index in [9.17, 15) is 4.79 Å². The van der Waals surface area contributed by atoms with Crippen LogP contribution in [0, 0.1) is 11.3 Å². The number of rotatable bonds is 7. The Bertz CT molecular complexity index is 239. The largest absolute Gasteiger partial charge is 0.462 e. The van der Waals surface area contributed by atoms with Gasteiger partial charge in [0.25, 0.3) is 0 Å². The van der Waals surface area contributed by atoms with Gasteiger partial charge in [-0.15, -0.1) is 0 Å². The van der Waals surface area contributed by atoms with E-state index >= 15 is 0 Å². The third kappa shape index (κ3) is 7.49. The summed E-state index contributed by atoms with van der Waals surface area (Å²) >= 11 is 0. The molecule has 0 spiro atoms. The predicted octanol–water partition coefficient (Wildman–Crippen LogP) is 3.96. The minimum absolute atomic E-state index is 0.0694. The SMILES string of the molecule is C=C(C)C(=O)OCC(C)(C)CCCC(C)C. The second-order valence-electron chi connectivity index (χ2n) is 5.81. The van der Waals surface area contributed by atoms with Crippen molar-refractivity contribution in [1.82, 2.24) is 0 Å². The monoisotopic (exact) mass is 226 g/mol. The minimum Gasteiger partial charge on any atom is -0.462 e. The molecule has 0 atom stereocenters. The van der Waals surface area contributed by atoms with Gasteiger partial charge in [-0.3, -0.25) is 0 Å². The maximum Gasteiger partial charge on any atom is 0.333 e. The van der Waals surface area contributed by atoms with E-state index in [0.717, 1.165) is 12.3 Å². The molecular weight excluding hydrogens is 200 g/mol. The van der Waals surface area contributed by atoms with Gasteiger partial charge in [0.1, 0.15) is 0 Å². The Balaban J connectivity index is 3.86. The molecule has 0 fully saturated rings. The summed E-state index contributed by atoms with van der Waals surface area (Å²) < 4.78 is 5.19. The van der Waals surface area contributed by atoms with E-state index in [-0.39, 0.29) is 11.4 Å². The van der Waals surface area contributed by atoms with Gasteiger partial charge in [0, 0.05) is 5.57 Å². The second-order valence-corrected chi connectivity index (χ2v) is 5.81.